The van der Waals surface area contributed by atoms with E-state index in [0.29, 0.717) is 9.76 Å². The van der Waals surface area contributed by atoms with E-state index in [1.54, 1.807) is 18.2 Å². The Balaban J connectivity index is 0.000000252. The van der Waals surface area contributed by atoms with Gasteiger partial charge >= 0.3 is 0 Å². The summed E-state index contributed by atoms with van der Waals surface area (Å²) in [4.78, 5) is 0. The highest BCUT2D eigenvalue weighted by Crippen LogP contribution is 1.93. The largest absolute Gasteiger partial charge is 0.618 e. The number of aromatic nitrogens is 1. The zero-order valence-corrected chi connectivity index (χ0v) is 8.71. The van der Waals surface area contributed by atoms with E-state index in [1.165, 1.54) is 19.0 Å². The Labute approximate surface area is 84.6 Å². The van der Waals surface area contributed by atoms with Crippen LogP contribution in [0.1, 0.15) is 19.8 Å². The van der Waals surface area contributed by atoms with E-state index < -0.39 is 0 Å². The summed E-state index contributed by atoms with van der Waals surface area (Å²) >= 11 is 3.85. The van der Waals surface area contributed by atoms with Gasteiger partial charge in [-0.05, 0) is 19.0 Å². The minimum absolute atomic E-state index is 0.424. The molecular formula is C9H16N2OS. The first-order chi connectivity index (χ1) is 6.22. The lowest BCUT2D eigenvalue weighted by atomic mass is 10.3. The van der Waals surface area contributed by atoms with E-state index >= 15 is 0 Å². The van der Waals surface area contributed by atoms with Crippen molar-refractivity contribution in [2.45, 2.75) is 24.8 Å². The highest BCUT2D eigenvalue weighted by molar-refractivity contribution is 7.80. The van der Waals surface area contributed by atoms with Gasteiger partial charge in [0, 0.05) is 12.1 Å². The molecule has 0 amide bonds. The second-order valence-electron chi connectivity index (χ2n) is 2.53. The summed E-state index contributed by atoms with van der Waals surface area (Å²) in [5.41, 5.74) is 5.14. The summed E-state index contributed by atoms with van der Waals surface area (Å²) in [6.07, 6.45) is 3.79. The average molecular weight is 200 g/mol. The Kier molecular flexibility index (Phi) is 7.44. The minimum Gasteiger partial charge on any atom is -0.618 e. The van der Waals surface area contributed by atoms with Crippen LogP contribution in [-0.2, 0) is 0 Å². The molecule has 74 valence electrons. The molecule has 0 fully saturated rings. The number of nitrogens with two attached hydrogens (primary N) is 1. The number of pyridine rings is 1. The standard InChI is InChI=1S/C5H5NOS.C4H11N/c7-6-4-2-1-3-5(6)8;1-2-3-4-5/h1-4,8H;2-5H2,1H3. The van der Waals surface area contributed by atoms with Crippen LogP contribution >= 0.6 is 12.6 Å². The van der Waals surface area contributed by atoms with Gasteiger partial charge in [-0.1, -0.05) is 26.0 Å². The van der Waals surface area contributed by atoms with Crippen LogP contribution in [0.25, 0.3) is 0 Å². The number of thiol groups is 1. The summed E-state index contributed by atoms with van der Waals surface area (Å²) in [5.74, 6) is 0. The molecule has 0 aliphatic rings. The molecule has 0 aliphatic carbocycles. The van der Waals surface area contributed by atoms with Gasteiger partial charge < -0.3 is 10.9 Å². The third-order valence-corrected chi connectivity index (χ3v) is 1.71. The van der Waals surface area contributed by atoms with Gasteiger partial charge in [-0.25, -0.2) is 0 Å². The molecule has 1 rings (SSSR count). The molecule has 13 heavy (non-hydrogen) atoms. The average Bonchev–Trinajstić information content (AvgIpc) is 2.13. The molecule has 0 unspecified atom stereocenters. The van der Waals surface area contributed by atoms with Crippen LogP contribution in [0.4, 0.5) is 0 Å². The van der Waals surface area contributed by atoms with Crippen LogP contribution in [0.5, 0.6) is 0 Å². The Morgan fingerprint density at radius 2 is 2.23 bits per heavy atom. The number of rotatable bonds is 2. The molecule has 1 heterocycles. The normalized spacial score (nSPS) is 8.85. The molecule has 0 bridgehead atoms. The molecule has 1 aromatic heterocycles. The van der Waals surface area contributed by atoms with E-state index in [1.807, 2.05) is 0 Å². The van der Waals surface area contributed by atoms with Crippen molar-refractivity contribution in [2.24, 2.45) is 5.73 Å². The fraction of sp³-hybridized carbons (Fsp3) is 0.444. The van der Waals surface area contributed by atoms with Crippen molar-refractivity contribution >= 4 is 12.6 Å². The number of hydrogen-bond donors (Lipinski definition) is 2. The van der Waals surface area contributed by atoms with E-state index in [9.17, 15) is 5.21 Å². The Bertz CT molecular complexity index is 208. The summed E-state index contributed by atoms with van der Waals surface area (Å²) in [6, 6.07) is 5.06. The SMILES string of the molecule is CCCCN.[O-][n+]1ccccc1S. The van der Waals surface area contributed by atoms with Gasteiger partial charge in [-0.3, -0.25) is 0 Å². The van der Waals surface area contributed by atoms with Gasteiger partial charge in [0.2, 0.25) is 5.03 Å². The Morgan fingerprint density at radius 3 is 2.46 bits per heavy atom. The fourth-order valence-electron chi connectivity index (χ4n) is 0.623. The summed E-state index contributed by atoms with van der Waals surface area (Å²) in [6.45, 7) is 2.98. The lowest BCUT2D eigenvalue weighted by molar-refractivity contribution is -0.645. The molecule has 0 saturated carbocycles. The fourth-order valence-corrected chi connectivity index (χ4v) is 0.776. The third-order valence-electron chi connectivity index (χ3n) is 1.36. The molecule has 0 radical (unpaired) electrons. The molecule has 4 heteroatoms. The Morgan fingerprint density at radius 1 is 1.54 bits per heavy atom. The van der Waals surface area contributed by atoms with Crippen molar-refractivity contribution in [3.8, 4) is 0 Å². The van der Waals surface area contributed by atoms with E-state index in [0.717, 1.165) is 6.54 Å². The highest BCUT2D eigenvalue weighted by Gasteiger charge is 1.90. The number of nitrogens with zero attached hydrogens (tertiary/aromatic N) is 1. The molecular weight excluding hydrogens is 184 g/mol. The highest BCUT2D eigenvalue weighted by atomic mass is 32.1. The summed E-state index contributed by atoms with van der Waals surface area (Å²) < 4.78 is 0.698. The van der Waals surface area contributed by atoms with Gasteiger partial charge in [-0.2, -0.15) is 4.73 Å². The van der Waals surface area contributed by atoms with Gasteiger partial charge in [0.25, 0.3) is 0 Å². The smallest absolute Gasteiger partial charge is 0.248 e. The first kappa shape index (κ1) is 12.3. The Hall–Kier alpha value is -0.740. The second kappa shape index (κ2) is 7.89. The van der Waals surface area contributed by atoms with Gasteiger partial charge in [0.1, 0.15) is 0 Å². The van der Waals surface area contributed by atoms with Crippen molar-refractivity contribution in [2.75, 3.05) is 6.54 Å². The number of unbranched alkanes of at least 4 members (excludes halogenated alkanes) is 1. The lowest BCUT2D eigenvalue weighted by Crippen LogP contribution is -2.26. The van der Waals surface area contributed by atoms with Crippen LogP contribution in [0.15, 0.2) is 29.4 Å². The van der Waals surface area contributed by atoms with Crippen LogP contribution in [-0.4, -0.2) is 6.54 Å². The third kappa shape index (κ3) is 6.42. The molecule has 0 atom stereocenters. The van der Waals surface area contributed by atoms with Crippen molar-refractivity contribution in [1.29, 1.82) is 0 Å². The zero-order valence-electron chi connectivity index (χ0n) is 7.81. The molecule has 0 spiro atoms. The maximum atomic E-state index is 10.5. The monoisotopic (exact) mass is 200 g/mol. The molecule has 0 aromatic carbocycles. The van der Waals surface area contributed by atoms with Gasteiger partial charge in [0.15, 0.2) is 6.20 Å². The van der Waals surface area contributed by atoms with Crippen molar-refractivity contribution in [3.63, 3.8) is 0 Å². The van der Waals surface area contributed by atoms with Crippen LogP contribution in [0.3, 0.4) is 0 Å². The predicted octanol–water partition coefficient (Wildman–Crippen LogP) is 1.35. The first-order valence-corrected chi connectivity index (χ1v) is 4.74. The molecule has 1 aromatic rings. The molecule has 0 aliphatic heterocycles. The van der Waals surface area contributed by atoms with Crippen molar-refractivity contribution < 1.29 is 4.73 Å². The minimum atomic E-state index is 0.424. The number of hydrogen-bond acceptors (Lipinski definition) is 3. The zero-order chi connectivity index (χ0) is 10.1. The van der Waals surface area contributed by atoms with Crippen LogP contribution in [0.2, 0.25) is 0 Å². The van der Waals surface area contributed by atoms with Gasteiger partial charge in [0.05, 0.1) is 0 Å². The van der Waals surface area contributed by atoms with E-state index in [-0.39, 0.29) is 0 Å². The maximum Gasteiger partial charge on any atom is 0.248 e. The van der Waals surface area contributed by atoms with E-state index in [2.05, 4.69) is 19.6 Å². The lowest BCUT2D eigenvalue weighted by Gasteiger charge is -1.94. The van der Waals surface area contributed by atoms with Crippen molar-refractivity contribution in [1.82, 2.24) is 0 Å². The second-order valence-corrected chi connectivity index (χ2v) is 2.99. The topological polar surface area (TPSA) is 53.0 Å². The predicted molar refractivity (Wildman–Crippen MR) is 56.6 cm³/mol. The van der Waals surface area contributed by atoms with E-state index in [4.69, 9.17) is 5.73 Å². The first-order valence-electron chi connectivity index (χ1n) is 4.29. The molecule has 0 saturated heterocycles. The van der Waals surface area contributed by atoms with Crippen LogP contribution < -0.4 is 10.5 Å². The van der Waals surface area contributed by atoms with Crippen LogP contribution in [0, 0.1) is 5.21 Å². The molecule has 2 N–H and O–H groups in total. The maximum absolute atomic E-state index is 10.5. The van der Waals surface area contributed by atoms with Crippen molar-refractivity contribution in [3.05, 3.63) is 29.6 Å². The molecule has 3 nitrogen and oxygen atoms in total. The summed E-state index contributed by atoms with van der Waals surface area (Å²) in [7, 11) is 0. The van der Waals surface area contributed by atoms with Gasteiger partial charge in [-0.15, -0.1) is 0 Å². The quantitative estimate of drug-likeness (QED) is 0.430. The summed E-state index contributed by atoms with van der Waals surface area (Å²) in [5, 5.41) is 10.9.